The van der Waals surface area contributed by atoms with E-state index in [0.29, 0.717) is 0 Å². The van der Waals surface area contributed by atoms with Gasteiger partial charge in [-0.3, -0.25) is 4.79 Å². The fourth-order valence-corrected chi connectivity index (χ4v) is 0.982. The van der Waals surface area contributed by atoms with E-state index in [4.69, 9.17) is 5.11 Å². The van der Waals surface area contributed by atoms with Crippen LogP contribution in [0, 0.1) is 0 Å². The van der Waals surface area contributed by atoms with Crippen LogP contribution in [0.25, 0.3) is 0 Å². The minimum absolute atomic E-state index is 0.259. The molecule has 0 unspecified atom stereocenters. The van der Waals surface area contributed by atoms with Crippen LogP contribution >= 0.6 is 0 Å². The molecule has 0 aromatic heterocycles. The minimum Gasteiger partial charge on any atom is -0.481 e. The van der Waals surface area contributed by atoms with Crippen molar-refractivity contribution in [1.29, 1.82) is 0 Å². The molecule has 0 atom stereocenters. The summed E-state index contributed by atoms with van der Waals surface area (Å²) in [5.74, 6) is -0.717. The van der Waals surface area contributed by atoms with Gasteiger partial charge < -0.3 is 5.11 Å². The van der Waals surface area contributed by atoms with Gasteiger partial charge in [0.15, 0.2) is 0 Å². The summed E-state index contributed by atoms with van der Waals surface area (Å²) in [6.45, 7) is 3.93. The van der Waals surface area contributed by atoms with Crippen molar-refractivity contribution in [3.05, 3.63) is 23.8 Å². The molecule has 0 aromatic carbocycles. The van der Waals surface area contributed by atoms with Gasteiger partial charge in [-0.25, -0.2) is 0 Å². The number of rotatable bonds is 5. The Labute approximate surface area is 73.6 Å². The Kier molecular flexibility index (Phi) is 6.07. The van der Waals surface area contributed by atoms with Gasteiger partial charge in [0.05, 0.1) is 0 Å². The summed E-state index contributed by atoms with van der Waals surface area (Å²) >= 11 is 0. The highest BCUT2D eigenvalue weighted by atomic mass is 16.4. The second kappa shape index (κ2) is 6.65. The topological polar surface area (TPSA) is 37.3 Å². The number of allylic oxidation sites excluding steroid dienone is 4. The molecule has 0 spiro atoms. The molecule has 0 aliphatic carbocycles. The Hall–Kier alpha value is -1.05. The molecule has 0 aromatic rings. The maximum atomic E-state index is 10.2. The van der Waals surface area contributed by atoms with Crippen molar-refractivity contribution in [3.8, 4) is 0 Å². The van der Waals surface area contributed by atoms with Crippen molar-refractivity contribution in [2.75, 3.05) is 0 Å². The standard InChI is InChI=1S/C10H16O2/c1-3-6-9(4-2)7-5-8-10(11)12/h3-4,6H,5,7-8H2,1-2H3,(H,11,12)/b6-3-,9-4+. The molecule has 0 aliphatic heterocycles. The van der Waals surface area contributed by atoms with E-state index >= 15 is 0 Å². The molecular weight excluding hydrogens is 152 g/mol. The van der Waals surface area contributed by atoms with Crippen LogP contribution in [0.4, 0.5) is 0 Å². The lowest BCUT2D eigenvalue weighted by molar-refractivity contribution is -0.137. The first-order valence-corrected chi connectivity index (χ1v) is 4.20. The van der Waals surface area contributed by atoms with Crippen molar-refractivity contribution >= 4 is 5.97 Å². The van der Waals surface area contributed by atoms with Crippen LogP contribution in [0.5, 0.6) is 0 Å². The van der Waals surface area contributed by atoms with E-state index in [1.54, 1.807) is 0 Å². The van der Waals surface area contributed by atoms with Crippen LogP contribution < -0.4 is 0 Å². The van der Waals surface area contributed by atoms with Crippen LogP contribution in [0.1, 0.15) is 33.1 Å². The third-order valence-electron chi connectivity index (χ3n) is 1.61. The van der Waals surface area contributed by atoms with Crippen molar-refractivity contribution < 1.29 is 9.90 Å². The summed E-state index contributed by atoms with van der Waals surface area (Å²) in [5.41, 5.74) is 1.21. The van der Waals surface area contributed by atoms with Crippen molar-refractivity contribution in [2.45, 2.75) is 33.1 Å². The molecule has 0 amide bonds. The van der Waals surface area contributed by atoms with Crippen molar-refractivity contribution in [1.82, 2.24) is 0 Å². The van der Waals surface area contributed by atoms with Crippen molar-refractivity contribution in [2.24, 2.45) is 0 Å². The number of carbonyl (C=O) groups is 1. The quantitative estimate of drug-likeness (QED) is 0.641. The Balaban J connectivity index is 3.67. The zero-order chi connectivity index (χ0) is 9.40. The molecular formula is C10H16O2. The number of hydrogen-bond donors (Lipinski definition) is 1. The largest absolute Gasteiger partial charge is 0.481 e. The normalized spacial score (nSPS) is 12.3. The highest BCUT2D eigenvalue weighted by molar-refractivity contribution is 5.66. The van der Waals surface area contributed by atoms with Gasteiger partial charge in [0.2, 0.25) is 0 Å². The highest BCUT2D eigenvalue weighted by Gasteiger charge is 1.97. The lowest BCUT2D eigenvalue weighted by Gasteiger charge is -1.98. The van der Waals surface area contributed by atoms with Gasteiger partial charge in [-0.2, -0.15) is 0 Å². The maximum Gasteiger partial charge on any atom is 0.303 e. The van der Waals surface area contributed by atoms with Crippen LogP contribution in [-0.4, -0.2) is 11.1 Å². The Morgan fingerprint density at radius 1 is 1.33 bits per heavy atom. The first-order valence-electron chi connectivity index (χ1n) is 4.20. The van der Waals surface area contributed by atoms with E-state index in [2.05, 4.69) is 0 Å². The molecule has 0 saturated carbocycles. The summed E-state index contributed by atoms with van der Waals surface area (Å²) in [6.07, 6.45) is 7.83. The maximum absolute atomic E-state index is 10.2. The summed E-state index contributed by atoms with van der Waals surface area (Å²) < 4.78 is 0. The zero-order valence-electron chi connectivity index (χ0n) is 7.71. The van der Waals surface area contributed by atoms with E-state index in [1.165, 1.54) is 5.57 Å². The van der Waals surface area contributed by atoms with Crippen LogP contribution in [0.3, 0.4) is 0 Å². The monoisotopic (exact) mass is 168 g/mol. The average Bonchev–Trinajstić information content (AvgIpc) is 2.02. The Morgan fingerprint density at radius 2 is 2.00 bits per heavy atom. The van der Waals surface area contributed by atoms with Gasteiger partial charge in [0, 0.05) is 6.42 Å². The molecule has 0 fully saturated rings. The summed E-state index contributed by atoms with van der Waals surface area (Å²) in [5, 5.41) is 8.39. The van der Waals surface area contributed by atoms with E-state index < -0.39 is 5.97 Å². The van der Waals surface area contributed by atoms with Crippen LogP contribution in [0.15, 0.2) is 23.8 Å². The van der Waals surface area contributed by atoms with Gasteiger partial charge in [0.25, 0.3) is 0 Å². The molecule has 0 radical (unpaired) electrons. The average molecular weight is 168 g/mol. The van der Waals surface area contributed by atoms with Gasteiger partial charge >= 0.3 is 5.97 Å². The predicted molar refractivity (Wildman–Crippen MR) is 50.1 cm³/mol. The second-order valence-corrected chi connectivity index (χ2v) is 2.61. The number of carboxylic acid groups (broad SMARTS) is 1. The van der Waals surface area contributed by atoms with Gasteiger partial charge in [-0.1, -0.05) is 23.8 Å². The SMILES string of the molecule is C/C=C\C(=C/C)CCCC(=O)O. The fourth-order valence-electron chi connectivity index (χ4n) is 0.982. The minimum atomic E-state index is -0.717. The van der Waals surface area contributed by atoms with E-state index in [1.807, 2.05) is 32.1 Å². The molecule has 2 heteroatoms. The third-order valence-corrected chi connectivity index (χ3v) is 1.61. The molecule has 1 N–H and O–H groups in total. The molecule has 12 heavy (non-hydrogen) atoms. The molecule has 0 aliphatic rings. The van der Waals surface area contributed by atoms with E-state index in [-0.39, 0.29) is 6.42 Å². The fraction of sp³-hybridized carbons (Fsp3) is 0.500. The summed E-state index contributed by atoms with van der Waals surface area (Å²) in [4.78, 5) is 10.2. The number of hydrogen-bond acceptors (Lipinski definition) is 1. The smallest absolute Gasteiger partial charge is 0.303 e. The lowest BCUT2D eigenvalue weighted by Crippen LogP contribution is -1.93. The van der Waals surface area contributed by atoms with Crippen molar-refractivity contribution in [3.63, 3.8) is 0 Å². The van der Waals surface area contributed by atoms with E-state index in [9.17, 15) is 4.79 Å². The van der Waals surface area contributed by atoms with E-state index in [0.717, 1.165) is 12.8 Å². The first kappa shape index (κ1) is 11.0. The van der Waals surface area contributed by atoms with Gasteiger partial charge in [0.1, 0.15) is 0 Å². The molecule has 68 valence electrons. The zero-order valence-corrected chi connectivity index (χ0v) is 7.71. The number of carboxylic acids is 1. The Morgan fingerprint density at radius 3 is 2.42 bits per heavy atom. The molecule has 0 bridgehead atoms. The Bertz CT molecular complexity index is 190. The predicted octanol–water partition coefficient (Wildman–Crippen LogP) is 2.76. The van der Waals surface area contributed by atoms with Crippen LogP contribution in [-0.2, 0) is 4.79 Å². The summed E-state index contributed by atoms with van der Waals surface area (Å²) in [6, 6.07) is 0. The lowest BCUT2D eigenvalue weighted by atomic mass is 10.1. The molecule has 0 saturated heterocycles. The van der Waals surface area contributed by atoms with Crippen LogP contribution in [0.2, 0.25) is 0 Å². The van der Waals surface area contributed by atoms with Gasteiger partial charge in [-0.15, -0.1) is 0 Å². The van der Waals surface area contributed by atoms with Gasteiger partial charge in [-0.05, 0) is 26.7 Å². The molecule has 0 heterocycles. The molecule has 0 rings (SSSR count). The second-order valence-electron chi connectivity index (χ2n) is 2.61. The number of aliphatic carboxylic acids is 1. The summed E-state index contributed by atoms with van der Waals surface area (Å²) in [7, 11) is 0. The molecule has 2 nitrogen and oxygen atoms in total. The third kappa shape index (κ3) is 5.71. The highest BCUT2D eigenvalue weighted by Crippen LogP contribution is 2.08. The first-order chi connectivity index (χ1) is 5.70.